The van der Waals surface area contributed by atoms with Crippen LogP contribution in [0, 0.1) is 6.92 Å². The molecule has 0 aromatic heterocycles. The second-order valence-electron chi connectivity index (χ2n) is 8.30. The van der Waals surface area contributed by atoms with Crippen LogP contribution in [0.15, 0.2) is 48.5 Å². The van der Waals surface area contributed by atoms with Crippen molar-refractivity contribution in [2.45, 2.75) is 32.4 Å². The van der Waals surface area contributed by atoms with Gasteiger partial charge in [-0.05, 0) is 49.1 Å². The molecule has 2 fully saturated rings. The first-order valence-electron chi connectivity index (χ1n) is 10.7. The molecule has 1 N–H and O–H groups in total. The Labute approximate surface area is 173 Å². The van der Waals surface area contributed by atoms with E-state index in [2.05, 4.69) is 53.1 Å². The number of carbonyl (C=O) groups is 1. The van der Waals surface area contributed by atoms with Crippen LogP contribution in [0.25, 0.3) is 0 Å². The number of rotatable bonds is 7. The lowest BCUT2D eigenvalue weighted by atomic mass is 10.1. The highest BCUT2D eigenvalue weighted by atomic mass is 16.5. The molecule has 2 aliphatic rings. The predicted octanol–water partition coefficient (Wildman–Crippen LogP) is 1.90. The van der Waals surface area contributed by atoms with Gasteiger partial charge in [0.25, 0.3) is 5.91 Å². The van der Waals surface area contributed by atoms with E-state index in [1.165, 1.54) is 21.7 Å². The molecule has 5 heteroatoms. The van der Waals surface area contributed by atoms with Crippen LogP contribution in [0.5, 0.6) is 5.75 Å². The molecule has 1 aliphatic carbocycles. The molecule has 4 rings (SSSR count). The number of hydrogen-bond donors (Lipinski definition) is 1. The number of anilines is 1. The first-order valence-corrected chi connectivity index (χ1v) is 10.7. The quantitative estimate of drug-likeness (QED) is 0.779. The zero-order chi connectivity index (χ0) is 20.2. The molecule has 1 heterocycles. The van der Waals surface area contributed by atoms with Gasteiger partial charge in [0.15, 0.2) is 6.54 Å². The molecule has 0 atom stereocenters. The number of amides is 1. The van der Waals surface area contributed by atoms with Crippen LogP contribution < -0.4 is 14.5 Å². The number of carbonyl (C=O) groups excluding carboxylic acids is 1. The summed E-state index contributed by atoms with van der Waals surface area (Å²) in [7, 11) is 1.68. The highest BCUT2D eigenvalue weighted by molar-refractivity contribution is 5.77. The minimum Gasteiger partial charge on any atom is -0.497 e. The van der Waals surface area contributed by atoms with E-state index in [0.717, 1.165) is 44.8 Å². The van der Waals surface area contributed by atoms with Crippen LogP contribution >= 0.6 is 0 Å². The first kappa shape index (κ1) is 19.8. The van der Waals surface area contributed by atoms with Gasteiger partial charge in [-0.1, -0.05) is 30.3 Å². The maximum atomic E-state index is 13.1. The van der Waals surface area contributed by atoms with E-state index in [1.54, 1.807) is 7.11 Å². The number of benzene rings is 2. The van der Waals surface area contributed by atoms with E-state index >= 15 is 0 Å². The molecular weight excluding hydrogens is 362 g/mol. The van der Waals surface area contributed by atoms with Crippen LogP contribution in [-0.2, 0) is 11.3 Å². The van der Waals surface area contributed by atoms with Crippen molar-refractivity contribution in [3.8, 4) is 5.75 Å². The Balaban J connectivity index is 1.32. The van der Waals surface area contributed by atoms with Gasteiger partial charge in [-0.25, -0.2) is 0 Å². The monoisotopic (exact) mass is 394 g/mol. The van der Waals surface area contributed by atoms with E-state index in [-0.39, 0.29) is 0 Å². The Hall–Kier alpha value is -2.53. The second kappa shape index (κ2) is 8.87. The molecule has 5 nitrogen and oxygen atoms in total. The highest BCUT2D eigenvalue weighted by Crippen LogP contribution is 2.28. The van der Waals surface area contributed by atoms with Gasteiger partial charge in [0.2, 0.25) is 0 Å². The third-order valence-corrected chi connectivity index (χ3v) is 6.15. The SMILES string of the molecule is COc1ccc(CN(C(=O)C[NH+]2CCN(c3ccccc3C)CC2)C2CC2)cc1. The fraction of sp³-hybridized carbons (Fsp3) is 0.458. The Bertz CT molecular complexity index is 824. The number of hydrogen-bond acceptors (Lipinski definition) is 3. The molecular formula is C24H32N3O2+. The van der Waals surface area contributed by atoms with Crippen molar-refractivity contribution in [3.05, 3.63) is 59.7 Å². The number of piperazine rings is 1. The summed E-state index contributed by atoms with van der Waals surface area (Å²) in [5, 5.41) is 0. The van der Waals surface area contributed by atoms with Crippen LogP contribution in [0.4, 0.5) is 5.69 Å². The number of nitrogens with one attached hydrogen (secondary N) is 1. The normalized spacial score (nSPS) is 17.2. The van der Waals surface area contributed by atoms with Gasteiger partial charge in [0, 0.05) is 18.3 Å². The van der Waals surface area contributed by atoms with Crippen molar-refractivity contribution in [1.82, 2.24) is 4.90 Å². The second-order valence-corrected chi connectivity index (χ2v) is 8.30. The average Bonchev–Trinajstić information content (AvgIpc) is 3.58. The van der Waals surface area contributed by atoms with Gasteiger partial charge in [-0.15, -0.1) is 0 Å². The van der Waals surface area contributed by atoms with E-state index in [4.69, 9.17) is 4.74 Å². The topological polar surface area (TPSA) is 37.2 Å². The van der Waals surface area contributed by atoms with Gasteiger partial charge >= 0.3 is 0 Å². The number of para-hydroxylation sites is 1. The van der Waals surface area contributed by atoms with Gasteiger partial charge in [0.1, 0.15) is 5.75 Å². The van der Waals surface area contributed by atoms with Gasteiger partial charge < -0.3 is 19.4 Å². The first-order chi connectivity index (χ1) is 14.1. The Morgan fingerprint density at radius 1 is 1.10 bits per heavy atom. The van der Waals surface area contributed by atoms with Crippen molar-refractivity contribution in [2.24, 2.45) is 0 Å². The summed E-state index contributed by atoms with van der Waals surface area (Å²) in [5.41, 5.74) is 3.83. The minimum atomic E-state index is 0.294. The Kier molecular flexibility index (Phi) is 6.05. The van der Waals surface area contributed by atoms with E-state index in [0.29, 0.717) is 25.0 Å². The molecule has 0 radical (unpaired) electrons. The van der Waals surface area contributed by atoms with Crippen LogP contribution in [0.2, 0.25) is 0 Å². The van der Waals surface area contributed by atoms with Crippen molar-refractivity contribution in [1.29, 1.82) is 0 Å². The van der Waals surface area contributed by atoms with Crippen molar-refractivity contribution >= 4 is 11.6 Å². The van der Waals surface area contributed by atoms with Crippen molar-refractivity contribution in [3.63, 3.8) is 0 Å². The maximum absolute atomic E-state index is 13.1. The summed E-state index contributed by atoms with van der Waals surface area (Å²) < 4.78 is 5.24. The molecule has 2 aromatic carbocycles. The molecule has 0 spiro atoms. The zero-order valence-electron chi connectivity index (χ0n) is 17.6. The fourth-order valence-electron chi connectivity index (χ4n) is 4.21. The third kappa shape index (κ3) is 4.91. The molecule has 29 heavy (non-hydrogen) atoms. The summed E-state index contributed by atoms with van der Waals surface area (Å²) >= 11 is 0. The summed E-state index contributed by atoms with van der Waals surface area (Å²) in [6.07, 6.45) is 2.27. The van der Waals surface area contributed by atoms with Crippen molar-refractivity contribution in [2.75, 3.05) is 44.7 Å². The summed E-state index contributed by atoms with van der Waals surface area (Å²) in [6, 6.07) is 17.1. The molecule has 0 unspecified atom stereocenters. The molecule has 1 saturated heterocycles. The average molecular weight is 395 g/mol. The predicted molar refractivity (Wildman–Crippen MR) is 116 cm³/mol. The molecule has 2 aromatic rings. The number of nitrogens with zero attached hydrogens (tertiary/aromatic N) is 2. The number of ether oxygens (including phenoxy) is 1. The molecule has 1 aliphatic heterocycles. The third-order valence-electron chi connectivity index (χ3n) is 6.15. The van der Waals surface area contributed by atoms with E-state index < -0.39 is 0 Å². The van der Waals surface area contributed by atoms with Crippen molar-refractivity contribution < 1.29 is 14.4 Å². The maximum Gasteiger partial charge on any atom is 0.278 e. The van der Waals surface area contributed by atoms with E-state index in [1.807, 2.05) is 12.1 Å². The molecule has 1 amide bonds. The Morgan fingerprint density at radius 3 is 2.41 bits per heavy atom. The van der Waals surface area contributed by atoms with Gasteiger partial charge in [-0.3, -0.25) is 4.79 Å². The lowest BCUT2D eigenvalue weighted by molar-refractivity contribution is -0.892. The molecule has 154 valence electrons. The van der Waals surface area contributed by atoms with Crippen LogP contribution in [0.3, 0.4) is 0 Å². The smallest absolute Gasteiger partial charge is 0.278 e. The largest absolute Gasteiger partial charge is 0.497 e. The minimum absolute atomic E-state index is 0.294. The lowest BCUT2D eigenvalue weighted by Crippen LogP contribution is -3.15. The fourth-order valence-corrected chi connectivity index (χ4v) is 4.21. The molecule has 0 bridgehead atoms. The zero-order valence-corrected chi connectivity index (χ0v) is 17.6. The summed E-state index contributed by atoms with van der Waals surface area (Å²) in [6.45, 7) is 7.53. The van der Waals surface area contributed by atoms with Crippen LogP contribution in [0.1, 0.15) is 24.0 Å². The lowest BCUT2D eigenvalue weighted by Gasteiger charge is -2.35. The molecule has 1 saturated carbocycles. The van der Waals surface area contributed by atoms with Crippen LogP contribution in [-0.4, -0.2) is 56.7 Å². The number of aryl methyl sites for hydroxylation is 1. The van der Waals surface area contributed by atoms with Gasteiger partial charge in [-0.2, -0.15) is 0 Å². The standard InChI is InChI=1S/C24H31N3O2/c1-19-5-3-4-6-23(19)26-15-13-25(14-16-26)18-24(28)27(21-9-10-21)17-20-7-11-22(29-2)12-8-20/h3-8,11-12,21H,9-10,13-18H2,1-2H3/p+1. The highest BCUT2D eigenvalue weighted by Gasteiger charge is 2.34. The Morgan fingerprint density at radius 2 is 1.79 bits per heavy atom. The summed E-state index contributed by atoms with van der Waals surface area (Å²) in [4.78, 5) is 19.1. The number of methoxy groups -OCH3 is 1. The van der Waals surface area contributed by atoms with Gasteiger partial charge in [0.05, 0.1) is 33.3 Å². The number of quaternary nitrogens is 1. The van der Waals surface area contributed by atoms with E-state index in [9.17, 15) is 4.79 Å². The summed E-state index contributed by atoms with van der Waals surface area (Å²) in [5.74, 6) is 1.15.